The van der Waals surface area contributed by atoms with Gasteiger partial charge in [0.05, 0.1) is 17.5 Å². The topological polar surface area (TPSA) is 38.0 Å². The molecule has 1 fully saturated rings. The number of hydrogen-bond donors (Lipinski definition) is 1. The molecule has 1 aromatic carbocycles. The van der Waals surface area contributed by atoms with E-state index in [1.807, 2.05) is 12.3 Å². The second kappa shape index (κ2) is 4.21. The van der Waals surface area contributed by atoms with Gasteiger partial charge in [-0.15, -0.1) is 0 Å². The summed E-state index contributed by atoms with van der Waals surface area (Å²) in [6.07, 6.45) is 3.55. The summed E-state index contributed by atoms with van der Waals surface area (Å²) in [4.78, 5) is 0. The van der Waals surface area contributed by atoms with Crippen LogP contribution in [0.15, 0.2) is 30.5 Å². The summed E-state index contributed by atoms with van der Waals surface area (Å²) in [5.74, 6) is 0.242. The molecule has 2 aromatic rings. The van der Waals surface area contributed by atoms with Gasteiger partial charge in [-0.3, -0.25) is 0 Å². The van der Waals surface area contributed by atoms with Gasteiger partial charge in [0.25, 0.3) is 0 Å². The lowest BCUT2D eigenvalue weighted by atomic mass is 10.1. The highest BCUT2D eigenvalue weighted by Gasteiger charge is 2.26. The van der Waals surface area contributed by atoms with Crippen molar-refractivity contribution in [2.24, 2.45) is 0 Å². The van der Waals surface area contributed by atoms with Crippen molar-refractivity contribution in [3.05, 3.63) is 47.5 Å². The van der Waals surface area contributed by atoms with Crippen LogP contribution in [0.3, 0.4) is 0 Å². The molecule has 1 aromatic heterocycles. The maximum Gasteiger partial charge on any atom is 0.123 e. The number of hydrogen-bond acceptors (Lipinski definition) is 2. The molecule has 0 amide bonds. The third-order valence-corrected chi connectivity index (χ3v) is 3.29. The number of aliphatic hydroxyl groups excluding tert-OH is 1. The molecule has 1 aliphatic carbocycles. The third kappa shape index (κ3) is 2.04. The van der Waals surface area contributed by atoms with Gasteiger partial charge < -0.3 is 5.11 Å². The van der Waals surface area contributed by atoms with Crippen molar-refractivity contribution in [1.82, 2.24) is 9.78 Å². The lowest BCUT2D eigenvalue weighted by Gasteiger charge is -2.12. The molecule has 1 heterocycles. The van der Waals surface area contributed by atoms with Crippen molar-refractivity contribution in [2.45, 2.75) is 31.8 Å². The first-order valence-corrected chi connectivity index (χ1v) is 6.18. The predicted molar refractivity (Wildman–Crippen MR) is 66.1 cm³/mol. The molecule has 0 spiro atoms. The highest BCUT2D eigenvalue weighted by atomic mass is 19.1. The van der Waals surface area contributed by atoms with Gasteiger partial charge in [-0.05, 0) is 44.0 Å². The fourth-order valence-electron chi connectivity index (χ4n) is 2.14. The Balaban J connectivity index is 2.03. The van der Waals surface area contributed by atoms with Crippen molar-refractivity contribution in [1.29, 1.82) is 0 Å². The SMILES string of the molecule is C[C@@H](O)c1cc(F)ccc1-n1ccc(C2CC2)n1. The molecule has 0 unspecified atom stereocenters. The first-order valence-electron chi connectivity index (χ1n) is 6.18. The van der Waals surface area contributed by atoms with E-state index in [-0.39, 0.29) is 5.82 Å². The van der Waals surface area contributed by atoms with Crippen LogP contribution >= 0.6 is 0 Å². The summed E-state index contributed by atoms with van der Waals surface area (Å²) < 4.78 is 14.9. The standard InChI is InChI=1S/C14H15FN2O/c1-9(18)12-8-11(15)4-5-14(12)17-7-6-13(16-17)10-2-3-10/h4-10,18H,2-3H2,1H3/t9-/m1/s1. The molecule has 18 heavy (non-hydrogen) atoms. The highest BCUT2D eigenvalue weighted by Crippen LogP contribution is 2.39. The lowest BCUT2D eigenvalue weighted by molar-refractivity contribution is 0.198. The van der Waals surface area contributed by atoms with Crippen LogP contribution in [0.25, 0.3) is 5.69 Å². The summed E-state index contributed by atoms with van der Waals surface area (Å²) in [7, 11) is 0. The maximum atomic E-state index is 13.2. The molecule has 94 valence electrons. The van der Waals surface area contributed by atoms with Crippen molar-refractivity contribution < 1.29 is 9.50 Å². The number of aromatic nitrogens is 2. The Morgan fingerprint density at radius 1 is 1.39 bits per heavy atom. The average molecular weight is 246 g/mol. The predicted octanol–water partition coefficient (Wildman–Crippen LogP) is 2.94. The van der Waals surface area contributed by atoms with Gasteiger partial charge in [0, 0.05) is 17.7 Å². The number of halogens is 1. The van der Waals surface area contributed by atoms with E-state index in [0.717, 1.165) is 11.4 Å². The summed E-state index contributed by atoms with van der Waals surface area (Å²) in [5, 5.41) is 14.2. The second-order valence-corrected chi connectivity index (χ2v) is 4.84. The number of benzene rings is 1. The quantitative estimate of drug-likeness (QED) is 0.904. The Kier molecular flexibility index (Phi) is 2.67. The van der Waals surface area contributed by atoms with E-state index in [2.05, 4.69) is 5.10 Å². The molecule has 0 aliphatic heterocycles. The van der Waals surface area contributed by atoms with Crippen molar-refractivity contribution >= 4 is 0 Å². The average Bonchev–Trinajstić information content (AvgIpc) is 3.08. The monoisotopic (exact) mass is 246 g/mol. The van der Waals surface area contributed by atoms with E-state index in [9.17, 15) is 9.50 Å². The van der Waals surface area contributed by atoms with Gasteiger partial charge >= 0.3 is 0 Å². The van der Waals surface area contributed by atoms with Crippen LogP contribution in [-0.2, 0) is 0 Å². The van der Waals surface area contributed by atoms with Gasteiger partial charge in [-0.2, -0.15) is 5.10 Å². The van der Waals surface area contributed by atoms with Gasteiger partial charge in [0.1, 0.15) is 5.82 Å². The molecule has 1 aliphatic rings. The van der Waals surface area contributed by atoms with Crippen molar-refractivity contribution in [3.63, 3.8) is 0 Å². The van der Waals surface area contributed by atoms with Crippen LogP contribution in [-0.4, -0.2) is 14.9 Å². The van der Waals surface area contributed by atoms with Crippen LogP contribution in [0.1, 0.15) is 43.0 Å². The molecule has 0 saturated heterocycles. The molecule has 0 bridgehead atoms. The summed E-state index contributed by atoms with van der Waals surface area (Å²) in [5.41, 5.74) is 2.37. The van der Waals surface area contributed by atoms with E-state index in [0.29, 0.717) is 11.5 Å². The van der Waals surface area contributed by atoms with E-state index in [4.69, 9.17) is 0 Å². The minimum Gasteiger partial charge on any atom is -0.389 e. The number of aliphatic hydroxyl groups is 1. The zero-order chi connectivity index (χ0) is 12.7. The molecule has 1 saturated carbocycles. The first-order chi connectivity index (χ1) is 8.65. The Morgan fingerprint density at radius 2 is 2.17 bits per heavy atom. The molecule has 3 nitrogen and oxygen atoms in total. The van der Waals surface area contributed by atoms with E-state index >= 15 is 0 Å². The van der Waals surface area contributed by atoms with Crippen LogP contribution in [0.2, 0.25) is 0 Å². The fraction of sp³-hybridized carbons (Fsp3) is 0.357. The van der Waals surface area contributed by atoms with E-state index in [1.54, 1.807) is 17.7 Å². The van der Waals surface area contributed by atoms with Crippen molar-refractivity contribution in [3.8, 4) is 5.69 Å². The molecule has 0 radical (unpaired) electrons. The highest BCUT2D eigenvalue weighted by molar-refractivity contribution is 5.42. The first kappa shape index (κ1) is 11.4. The Hall–Kier alpha value is -1.68. The molecule has 3 rings (SSSR count). The molecular formula is C14H15FN2O. The smallest absolute Gasteiger partial charge is 0.123 e. The van der Waals surface area contributed by atoms with Gasteiger partial charge in [-0.1, -0.05) is 0 Å². The van der Waals surface area contributed by atoms with E-state index in [1.165, 1.54) is 25.0 Å². The minimum absolute atomic E-state index is 0.343. The number of nitrogens with zero attached hydrogens (tertiary/aromatic N) is 2. The summed E-state index contributed by atoms with van der Waals surface area (Å²) in [6, 6.07) is 6.39. The largest absolute Gasteiger partial charge is 0.389 e. The van der Waals surface area contributed by atoms with Gasteiger partial charge in [0.15, 0.2) is 0 Å². The summed E-state index contributed by atoms with van der Waals surface area (Å²) >= 11 is 0. The fourth-order valence-corrected chi connectivity index (χ4v) is 2.14. The summed E-state index contributed by atoms with van der Waals surface area (Å²) in [6.45, 7) is 1.63. The second-order valence-electron chi connectivity index (χ2n) is 4.84. The van der Waals surface area contributed by atoms with Crippen LogP contribution in [0.5, 0.6) is 0 Å². The zero-order valence-electron chi connectivity index (χ0n) is 10.2. The zero-order valence-corrected chi connectivity index (χ0v) is 10.2. The third-order valence-electron chi connectivity index (χ3n) is 3.29. The maximum absolute atomic E-state index is 13.2. The lowest BCUT2D eigenvalue weighted by Crippen LogP contribution is -2.04. The van der Waals surface area contributed by atoms with Gasteiger partial charge in [0.2, 0.25) is 0 Å². The molecule has 1 N–H and O–H groups in total. The van der Waals surface area contributed by atoms with Crippen LogP contribution < -0.4 is 0 Å². The van der Waals surface area contributed by atoms with Crippen LogP contribution in [0.4, 0.5) is 4.39 Å². The van der Waals surface area contributed by atoms with Crippen molar-refractivity contribution in [2.75, 3.05) is 0 Å². The molecule has 4 heteroatoms. The molecular weight excluding hydrogens is 231 g/mol. The molecule has 1 atom stereocenters. The Morgan fingerprint density at radius 3 is 2.83 bits per heavy atom. The van der Waals surface area contributed by atoms with Gasteiger partial charge in [-0.25, -0.2) is 9.07 Å². The Labute approximate surface area is 105 Å². The number of rotatable bonds is 3. The van der Waals surface area contributed by atoms with E-state index < -0.39 is 6.10 Å². The normalized spacial score (nSPS) is 16.8. The Bertz CT molecular complexity index is 573. The minimum atomic E-state index is -0.718. The van der Waals surface area contributed by atoms with Crippen LogP contribution in [0, 0.1) is 5.82 Å².